The quantitative estimate of drug-likeness (QED) is 0.0676. The number of nitrogen functional groups attached to an aromatic ring is 8. The summed E-state index contributed by atoms with van der Waals surface area (Å²) in [4.78, 5) is 72.9. The predicted molar refractivity (Wildman–Crippen MR) is 291 cm³/mol. The minimum absolute atomic E-state index is 0.0702. The first-order chi connectivity index (χ1) is 35.9. The Labute approximate surface area is 443 Å². The van der Waals surface area contributed by atoms with Gasteiger partial charge in [-0.05, 0) is 146 Å². The van der Waals surface area contributed by atoms with Crippen molar-refractivity contribution in [1.29, 1.82) is 0 Å². The largest absolute Gasteiger partial charge is 0.507 e. The van der Waals surface area contributed by atoms with Gasteiger partial charge in [0, 0.05) is 40.2 Å². The second-order valence-electron chi connectivity index (χ2n) is 15.3. The highest BCUT2D eigenvalue weighted by Crippen LogP contribution is 2.21. The van der Waals surface area contributed by atoms with Gasteiger partial charge in [-0.25, -0.2) is 33.6 Å². The number of aromatic carboxylic acids is 7. The molecule has 77 heavy (non-hydrogen) atoms. The molecule has 25 heteroatoms. The van der Waals surface area contributed by atoms with Crippen LogP contribution in [0.4, 0.5) is 45.5 Å². The third-order valence-electron chi connectivity index (χ3n) is 9.41. The van der Waals surface area contributed by atoms with Crippen LogP contribution in [-0.2, 0) is 0 Å². The first-order valence-electron chi connectivity index (χ1n) is 21.4. The highest BCUT2D eigenvalue weighted by Gasteiger charge is 2.15. The highest BCUT2D eigenvalue weighted by atomic mass is 35.5. The van der Waals surface area contributed by atoms with Crippen molar-refractivity contribution in [2.75, 3.05) is 45.9 Å². The number of aryl methyl sites for hydroxylation is 1. The summed E-state index contributed by atoms with van der Waals surface area (Å²) in [5.74, 6) is -7.96. The molecule has 7 aromatic rings. The summed E-state index contributed by atoms with van der Waals surface area (Å²) in [5.41, 5.74) is 48.3. The number of nitrogens with two attached hydrogens (primary N) is 8. The van der Waals surface area contributed by atoms with Crippen molar-refractivity contribution < 1.29 is 79.5 Å². The maximum atomic E-state index is 10.6. The zero-order valence-electron chi connectivity index (χ0n) is 40.7. The lowest BCUT2D eigenvalue weighted by atomic mass is 10.1. The molecule has 1 unspecified atom stereocenters. The minimum Gasteiger partial charge on any atom is -0.507 e. The van der Waals surface area contributed by atoms with Gasteiger partial charge in [0.2, 0.25) is 0 Å². The predicted octanol–water partition coefficient (Wildman–Crippen LogP) is 7.07. The number of anilines is 8. The number of carbonyl (C=O) groups is 7. The summed E-state index contributed by atoms with van der Waals surface area (Å²) < 4.78 is 0. The van der Waals surface area contributed by atoms with Crippen LogP contribution < -0.4 is 45.9 Å². The Bertz CT molecular complexity index is 3070. The molecule has 0 heterocycles. The Morgan fingerprint density at radius 3 is 1.13 bits per heavy atom. The Kier molecular flexibility index (Phi) is 25.9. The molecular formula is C52H55ClN8O16. The summed E-state index contributed by atoms with van der Waals surface area (Å²) in [6, 6.07) is 33.9. The van der Waals surface area contributed by atoms with Gasteiger partial charge in [-0.2, -0.15) is 0 Å². The minimum atomic E-state index is -1.30. The van der Waals surface area contributed by atoms with E-state index in [0.29, 0.717) is 34.1 Å². The fourth-order valence-corrected chi connectivity index (χ4v) is 5.55. The van der Waals surface area contributed by atoms with Gasteiger partial charge in [-0.3, -0.25) is 0 Å². The molecule has 1 atom stereocenters. The number of hydrogen-bond donors (Lipinski definition) is 17. The first-order valence-corrected chi connectivity index (χ1v) is 21.8. The molecular weight excluding hydrogens is 1030 g/mol. The monoisotopic (exact) mass is 1080 g/mol. The number of aliphatic hydroxyl groups is 1. The van der Waals surface area contributed by atoms with Gasteiger partial charge in [-0.1, -0.05) is 23.7 Å². The summed E-state index contributed by atoms with van der Waals surface area (Å²) >= 11 is 5.56. The Hall–Kier alpha value is -10.7. The average molecular weight is 1080 g/mol. The Morgan fingerprint density at radius 1 is 0.377 bits per heavy atom. The molecule has 0 saturated carbocycles. The van der Waals surface area contributed by atoms with Gasteiger partial charge in [0.1, 0.15) is 11.3 Å². The number of halogens is 1. The van der Waals surface area contributed by atoms with E-state index < -0.39 is 47.9 Å². The van der Waals surface area contributed by atoms with Crippen molar-refractivity contribution in [3.05, 3.63) is 195 Å². The van der Waals surface area contributed by atoms with E-state index in [4.69, 9.17) is 103 Å². The molecule has 0 spiro atoms. The van der Waals surface area contributed by atoms with Crippen molar-refractivity contribution in [2.24, 2.45) is 0 Å². The smallest absolute Gasteiger partial charge is 0.339 e. The number of carboxylic acids is 7. The summed E-state index contributed by atoms with van der Waals surface area (Å²) in [5, 5.41) is 77.9. The lowest BCUT2D eigenvalue weighted by molar-refractivity contribution is 0.0651. The zero-order valence-corrected chi connectivity index (χ0v) is 41.5. The van der Waals surface area contributed by atoms with Crippen LogP contribution in [0.2, 0.25) is 5.02 Å². The summed E-state index contributed by atoms with van der Waals surface area (Å²) in [6.45, 7) is 3.51. The molecule has 25 N–H and O–H groups in total. The van der Waals surface area contributed by atoms with Gasteiger partial charge in [0.15, 0.2) is 0 Å². The van der Waals surface area contributed by atoms with E-state index in [0.717, 1.165) is 22.9 Å². The first kappa shape index (κ1) is 64.3. The lowest BCUT2D eigenvalue weighted by Gasteiger charge is -2.02. The van der Waals surface area contributed by atoms with E-state index in [1.165, 1.54) is 84.9 Å². The van der Waals surface area contributed by atoms with E-state index in [2.05, 4.69) is 0 Å². The number of phenols is 1. The number of carboxylic acid groups (broad SMARTS) is 7. The van der Waals surface area contributed by atoms with Crippen molar-refractivity contribution in [3.63, 3.8) is 0 Å². The molecule has 0 aliphatic carbocycles. The van der Waals surface area contributed by atoms with Crippen LogP contribution in [0, 0.1) is 6.92 Å². The van der Waals surface area contributed by atoms with Crippen LogP contribution in [0.3, 0.4) is 0 Å². The summed E-state index contributed by atoms with van der Waals surface area (Å²) in [7, 11) is 0. The van der Waals surface area contributed by atoms with E-state index in [1.54, 1.807) is 50.2 Å². The zero-order chi connectivity index (χ0) is 58.9. The third-order valence-corrected chi connectivity index (χ3v) is 9.72. The molecule has 0 bridgehead atoms. The number of hydrogen-bond acceptors (Lipinski definition) is 17. The van der Waals surface area contributed by atoms with Gasteiger partial charge >= 0.3 is 41.8 Å². The fourth-order valence-electron chi connectivity index (χ4n) is 5.28. The molecule has 7 rings (SSSR count). The van der Waals surface area contributed by atoms with Gasteiger partial charge in [0.25, 0.3) is 0 Å². The normalized spacial score (nSPS) is 9.92. The van der Waals surface area contributed by atoms with Crippen LogP contribution in [0.25, 0.3) is 0 Å². The van der Waals surface area contributed by atoms with Crippen LogP contribution in [-0.4, -0.2) is 87.7 Å². The molecule has 0 aliphatic heterocycles. The van der Waals surface area contributed by atoms with E-state index in [1.807, 2.05) is 12.1 Å². The molecule has 0 aromatic heterocycles. The number of aliphatic hydroxyl groups excluding tert-OH is 1. The third kappa shape index (κ3) is 23.1. The molecule has 0 saturated heterocycles. The second-order valence-corrected chi connectivity index (χ2v) is 15.7. The Morgan fingerprint density at radius 2 is 0.740 bits per heavy atom. The summed E-state index contributed by atoms with van der Waals surface area (Å²) in [6.07, 6.45) is -0.402. The maximum absolute atomic E-state index is 10.6. The van der Waals surface area contributed by atoms with Crippen molar-refractivity contribution in [2.45, 2.75) is 20.0 Å². The van der Waals surface area contributed by atoms with Crippen LogP contribution in [0.5, 0.6) is 5.75 Å². The van der Waals surface area contributed by atoms with E-state index in [9.17, 15) is 33.6 Å². The van der Waals surface area contributed by atoms with Crippen LogP contribution in [0.1, 0.15) is 96.7 Å². The molecule has 7 aromatic carbocycles. The second kappa shape index (κ2) is 31.0. The standard InChI is InChI=1S/C8H7NO4.C8H9NO2.C8H11NO.C7H6ClNO2.C7H8N2O2.C7H7NO3.C7H7NO2/c9-4-1-2-5(7(10)11)6(3-4)8(12)13;1-5-4-6(8(10)11)2-3-7(5)9;1-6(10)7-2-4-8(9)5-3-7;8-6-3-4(9)1-2-5(6)7(10)11;8-5-2-1-4(7(10)11)3-6(5)9;8-4-1-2-5(7(10)11)6(9)3-4;8-6-3-1-5(2-4-6)7(9)10/h1-3H,9H2,(H,10,11)(H,12,13);2-4H,9H2,1H3,(H,10,11);2-6,10H,9H2,1H3;1-3H,9H2,(H,10,11);1-3H,8-9H2,(H,10,11);1-3,9H,8H2,(H,10,11);1-4H,8H2,(H,9,10). The van der Waals surface area contributed by atoms with E-state index in [-0.39, 0.29) is 55.4 Å². The Balaban J connectivity index is 0.000000450. The lowest BCUT2D eigenvalue weighted by Crippen LogP contribution is -2.08. The van der Waals surface area contributed by atoms with Crippen molar-refractivity contribution >= 4 is 98.9 Å². The van der Waals surface area contributed by atoms with Gasteiger partial charge < -0.3 is 91.8 Å². The number of rotatable bonds is 8. The van der Waals surface area contributed by atoms with Gasteiger partial charge in [0.05, 0.1) is 55.9 Å². The van der Waals surface area contributed by atoms with Crippen LogP contribution in [0.15, 0.2) is 140 Å². The van der Waals surface area contributed by atoms with Crippen LogP contribution >= 0.6 is 11.6 Å². The van der Waals surface area contributed by atoms with Crippen molar-refractivity contribution in [3.8, 4) is 5.75 Å². The molecule has 0 radical (unpaired) electrons. The SMILES string of the molecule is CC(O)c1ccc(N)cc1.Cc1cc(C(=O)O)ccc1N.Nc1ccc(C(=O)O)c(C(=O)O)c1.Nc1ccc(C(=O)O)c(Cl)c1.Nc1ccc(C(=O)O)c(O)c1.Nc1ccc(C(=O)O)cc1.Nc1ccc(C(=O)O)cc1N. The van der Waals surface area contributed by atoms with Crippen molar-refractivity contribution in [1.82, 2.24) is 0 Å². The topological polar surface area (TPSA) is 510 Å². The molecule has 0 fully saturated rings. The van der Waals surface area contributed by atoms with E-state index >= 15 is 0 Å². The highest BCUT2D eigenvalue weighted by molar-refractivity contribution is 6.33. The molecule has 0 aliphatic rings. The number of benzene rings is 7. The maximum Gasteiger partial charge on any atom is 0.339 e. The fraction of sp³-hybridized carbons (Fsp3) is 0.0577. The molecule has 0 amide bonds. The number of aromatic hydroxyl groups is 1. The molecule has 24 nitrogen and oxygen atoms in total. The molecule has 406 valence electrons. The average Bonchev–Trinajstić information content (AvgIpc) is 3.34. The van der Waals surface area contributed by atoms with Gasteiger partial charge in [-0.15, -0.1) is 0 Å².